The second-order valence-corrected chi connectivity index (χ2v) is 3.80. The second kappa shape index (κ2) is 6.71. The van der Waals surface area contributed by atoms with Gasteiger partial charge in [0.2, 0.25) is 0 Å². The van der Waals surface area contributed by atoms with E-state index in [4.69, 9.17) is 9.47 Å². The maximum atomic E-state index is 5.57. The van der Waals surface area contributed by atoms with E-state index in [-0.39, 0.29) is 6.29 Å². The molecule has 0 bridgehead atoms. The monoisotopic (exact) mass is 225 g/mol. The number of hydrogen-bond donors (Lipinski definition) is 0. The first kappa shape index (κ1) is 13.3. The molecular formula is C13H23NO2. The first-order valence-electron chi connectivity index (χ1n) is 6.09. The van der Waals surface area contributed by atoms with E-state index < -0.39 is 0 Å². The van der Waals surface area contributed by atoms with Crippen molar-refractivity contribution < 1.29 is 9.47 Å². The van der Waals surface area contributed by atoms with Crippen molar-refractivity contribution in [2.45, 2.75) is 39.9 Å². The van der Waals surface area contributed by atoms with Gasteiger partial charge in [-0.3, -0.25) is 0 Å². The lowest BCUT2D eigenvalue weighted by Gasteiger charge is -2.18. The van der Waals surface area contributed by atoms with Crippen molar-refractivity contribution in [3.05, 3.63) is 23.5 Å². The van der Waals surface area contributed by atoms with Gasteiger partial charge in [-0.05, 0) is 31.9 Å². The maximum absolute atomic E-state index is 5.57. The highest BCUT2D eigenvalue weighted by Crippen LogP contribution is 2.15. The molecular weight excluding hydrogens is 202 g/mol. The van der Waals surface area contributed by atoms with Crippen LogP contribution in [0.2, 0.25) is 0 Å². The molecule has 0 fully saturated rings. The summed E-state index contributed by atoms with van der Waals surface area (Å²) < 4.78 is 13.3. The standard InChI is InChI=1S/C13H23NO2/c1-5-11-8-9-14(4)12(11)10-13(15-6-2)16-7-3/h8-9,13H,5-7,10H2,1-4H3. The first-order valence-corrected chi connectivity index (χ1v) is 6.09. The lowest BCUT2D eigenvalue weighted by molar-refractivity contribution is -0.135. The van der Waals surface area contributed by atoms with Crippen LogP contribution < -0.4 is 0 Å². The van der Waals surface area contributed by atoms with E-state index in [1.54, 1.807) is 0 Å². The molecule has 0 atom stereocenters. The molecule has 0 unspecified atom stereocenters. The van der Waals surface area contributed by atoms with Gasteiger partial charge in [0, 0.05) is 38.6 Å². The van der Waals surface area contributed by atoms with Gasteiger partial charge < -0.3 is 14.0 Å². The van der Waals surface area contributed by atoms with E-state index in [0.717, 1.165) is 12.8 Å². The Morgan fingerprint density at radius 3 is 2.31 bits per heavy atom. The minimum atomic E-state index is -0.117. The van der Waals surface area contributed by atoms with Gasteiger partial charge in [0.1, 0.15) is 0 Å². The van der Waals surface area contributed by atoms with Crippen LogP contribution in [0.5, 0.6) is 0 Å². The van der Waals surface area contributed by atoms with Gasteiger partial charge in [-0.25, -0.2) is 0 Å². The van der Waals surface area contributed by atoms with Gasteiger partial charge in [0.05, 0.1) is 0 Å². The van der Waals surface area contributed by atoms with Gasteiger partial charge in [-0.15, -0.1) is 0 Å². The Morgan fingerprint density at radius 2 is 1.81 bits per heavy atom. The molecule has 3 nitrogen and oxygen atoms in total. The maximum Gasteiger partial charge on any atom is 0.162 e. The smallest absolute Gasteiger partial charge is 0.162 e. The van der Waals surface area contributed by atoms with Crippen LogP contribution in [-0.2, 0) is 29.4 Å². The fourth-order valence-corrected chi connectivity index (χ4v) is 1.91. The van der Waals surface area contributed by atoms with Gasteiger partial charge >= 0.3 is 0 Å². The SMILES string of the molecule is CCOC(Cc1c(CC)ccn1C)OCC. The second-order valence-electron chi connectivity index (χ2n) is 3.80. The number of rotatable bonds is 7. The highest BCUT2D eigenvalue weighted by Gasteiger charge is 2.14. The molecule has 3 heteroatoms. The average molecular weight is 225 g/mol. The minimum absolute atomic E-state index is 0.117. The van der Waals surface area contributed by atoms with Crippen molar-refractivity contribution in [3.8, 4) is 0 Å². The summed E-state index contributed by atoms with van der Waals surface area (Å²) in [6.07, 6.45) is 3.87. The van der Waals surface area contributed by atoms with E-state index in [1.807, 2.05) is 13.8 Å². The summed E-state index contributed by atoms with van der Waals surface area (Å²) in [4.78, 5) is 0. The molecule has 1 rings (SSSR count). The predicted molar refractivity (Wildman–Crippen MR) is 65.5 cm³/mol. The van der Waals surface area contributed by atoms with E-state index in [1.165, 1.54) is 11.3 Å². The quantitative estimate of drug-likeness (QED) is 0.666. The molecule has 0 aliphatic carbocycles. The third-order valence-corrected chi connectivity index (χ3v) is 2.74. The van der Waals surface area contributed by atoms with Crippen LogP contribution in [0.15, 0.2) is 12.3 Å². The summed E-state index contributed by atoms with van der Waals surface area (Å²) in [5.74, 6) is 0. The minimum Gasteiger partial charge on any atom is -0.354 e. The van der Waals surface area contributed by atoms with Crippen LogP contribution in [0.1, 0.15) is 32.0 Å². The van der Waals surface area contributed by atoms with Crippen molar-refractivity contribution in [2.24, 2.45) is 7.05 Å². The van der Waals surface area contributed by atoms with Gasteiger partial charge in [-0.2, -0.15) is 0 Å². The fourth-order valence-electron chi connectivity index (χ4n) is 1.91. The van der Waals surface area contributed by atoms with Crippen LogP contribution in [-0.4, -0.2) is 24.1 Å². The fraction of sp³-hybridized carbons (Fsp3) is 0.692. The largest absolute Gasteiger partial charge is 0.354 e. The Hall–Kier alpha value is -0.800. The summed E-state index contributed by atoms with van der Waals surface area (Å²) in [5.41, 5.74) is 2.70. The van der Waals surface area contributed by atoms with E-state index in [2.05, 4.69) is 30.8 Å². The zero-order valence-electron chi connectivity index (χ0n) is 10.8. The molecule has 92 valence electrons. The summed E-state index contributed by atoms with van der Waals surface area (Å²) in [6.45, 7) is 7.55. The van der Waals surface area contributed by atoms with Gasteiger partial charge in [0.25, 0.3) is 0 Å². The summed E-state index contributed by atoms with van der Waals surface area (Å²) >= 11 is 0. The number of aryl methyl sites for hydroxylation is 2. The number of hydrogen-bond acceptors (Lipinski definition) is 2. The Labute approximate surface area is 98.4 Å². The molecule has 0 N–H and O–H groups in total. The molecule has 0 aliphatic rings. The van der Waals surface area contributed by atoms with Crippen molar-refractivity contribution in [2.75, 3.05) is 13.2 Å². The zero-order chi connectivity index (χ0) is 12.0. The lowest BCUT2D eigenvalue weighted by Crippen LogP contribution is -2.22. The van der Waals surface area contributed by atoms with Crippen molar-refractivity contribution in [3.63, 3.8) is 0 Å². The first-order chi connectivity index (χ1) is 7.72. The Balaban J connectivity index is 2.71. The van der Waals surface area contributed by atoms with Crippen LogP contribution in [0, 0.1) is 0 Å². The molecule has 0 spiro atoms. The summed E-state index contributed by atoms with van der Waals surface area (Å²) in [6, 6.07) is 2.17. The van der Waals surface area contributed by atoms with E-state index >= 15 is 0 Å². The lowest BCUT2D eigenvalue weighted by atomic mass is 10.1. The van der Waals surface area contributed by atoms with Crippen molar-refractivity contribution in [1.29, 1.82) is 0 Å². The average Bonchev–Trinajstić information content (AvgIpc) is 2.61. The van der Waals surface area contributed by atoms with E-state index in [0.29, 0.717) is 13.2 Å². The molecule has 0 saturated heterocycles. The molecule has 1 aromatic heterocycles. The Bertz CT molecular complexity index is 301. The number of ether oxygens (including phenoxy) is 2. The van der Waals surface area contributed by atoms with Crippen LogP contribution in [0.25, 0.3) is 0 Å². The Morgan fingerprint density at radius 1 is 1.19 bits per heavy atom. The molecule has 0 amide bonds. The summed E-state index contributed by atoms with van der Waals surface area (Å²) in [5, 5.41) is 0. The van der Waals surface area contributed by atoms with Crippen LogP contribution in [0.4, 0.5) is 0 Å². The molecule has 16 heavy (non-hydrogen) atoms. The molecule has 0 aliphatic heterocycles. The van der Waals surface area contributed by atoms with Gasteiger partial charge in [-0.1, -0.05) is 6.92 Å². The van der Waals surface area contributed by atoms with Gasteiger partial charge in [0.15, 0.2) is 6.29 Å². The van der Waals surface area contributed by atoms with Crippen LogP contribution >= 0.6 is 0 Å². The summed E-state index contributed by atoms with van der Waals surface area (Å²) in [7, 11) is 2.07. The topological polar surface area (TPSA) is 23.4 Å². The predicted octanol–water partition coefficient (Wildman–Crippen LogP) is 2.53. The molecule has 1 aromatic rings. The third kappa shape index (κ3) is 3.35. The Kier molecular flexibility index (Phi) is 5.56. The van der Waals surface area contributed by atoms with Crippen molar-refractivity contribution in [1.82, 2.24) is 4.57 Å². The number of aromatic nitrogens is 1. The molecule has 0 saturated carbocycles. The van der Waals surface area contributed by atoms with E-state index in [9.17, 15) is 0 Å². The third-order valence-electron chi connectivity index (χ3n) is 2.74. The molecule has 0 radical (unpaired) electrons. The molecule has 1 heterocycles. The number of nitrogens with zero attached hydrogens (tertiary/aromatic N) is 1. The zero-order valence-corrected chi connectivity index (χ0v) is 10.8. The van der Waals surface area contributed by atoms with Crippen molar-refractivity contribution >= 4 is 0 Å². The highest BCUT2D eigenvalue weighted by molar-refractivity contribution is 5.22. The highest BCUT2D eigenvalue weighted by atomic mass is 16.7. The van der Waals surface area contributed by atoms with Crippen LogP contribution in [0.3, 0.4) is 0 Å². The normalized spacial score (nSPS) is 11.3. The molecule has 0 aromatic carbocycles.